The van der Waals surface area contributed by atoms with E-state index in [0.29, 0.717) is 4.64 Å². The zero-order valence-corrected chi connectivity index (χ0v) is 15.8. The summed E-state index contributed by atoms with van der Waals surface area (Å²) >= 11 is 10.1. The first-order chi connectivity index (χ1) is 12.2. The number of esters is 3. The highest BCUT2D eigenvalue weighted by atomic mass is 32.1. The van der Waals surface area contributed by atoms with Crippen LogP contribution in [0.2, 0.25) is 0 Å². The van der Waals surface area contributed by atoms with Gasteiger partial charge in [-0.15, -0.1) is 0 Å². The summed E-state index contributed by atoms with van der Waals surface area (Å²) in [5.74, 6) is -1.78. The Morgan fingerprint density at radius 3 is 2.31 bits per heavy atom. The van der Waals surface area contributed by atoms with Gasteiger partial charge in [-0.2, -0.15) is 5.10 Å². The zero-order chi connectivity index (χ0) is 19.4. The number of H-pyrrole nitrogens is 1. The highest BCUT2D eigenvalue weighted by Crippen LogP contribution is 2.34. The normalized spacial score (nSPS) is 24.7. The van der Waals surface area contributed by atoms with Crippen molar-refractivity contribution in [3.63, 3.8) is 0 Å². The Hall–Kier alpha value is -2.18. The van der Waals surface area contributed by atoms with Crippen LogP contribution in [0.3, 0.4) is 0 Å². The molecule has 1 saturated heterocycles. The van der Waals surface area contributed by atoms with Gasteiger partial charge in [-0.1, -0.05) is 12.2 Å². The summed E-state index contributed by atoms with van der Waals surface area (Å²) in [6.45, 7) is 3.42. The summed E-state index contributed by atoms with van der Waals surface area (Å²) in [5.41, 5.74) is 0. The van der Waals surface area contributed by atoms with Gasteiger partial charge in [0, 0.05) is 20.8 Å². The van der Waals surface area contributed by atoms with E-state index >= 15 is 0 Å². The second-order valence-corrected chi connectivity index (χ2v) is 6.23. The molecule has 1 aliphatic heterocycles. The minimum absolute atomic E-state index is 0.120. The molecule has 0 amide bonds. The molecule has 2 rings (SSSR count). The van der Waals surface area contributed by atoms with E-state index in [4.69, 9.17) is 43.4 Å². The van der Waals surface area contributed by atoms with Gasteiger partial charge in [-0.25, -0.2) is 4.68 Å². The lowest BCUT2D eigenvalue weighted by atomic mass is 10.1. The number of rotatable bonds is 5. The second-order valence-electron chi connectivity index (χ2n) is 5.40. The van der Waals surface area contributed by atoms with Crippen molar-refractivity contribution in [1.82, 2.24) is 14.8 Å². The lowest BCUT2D eigenvalue weighted by molar-refractivity contribution is -0.166. The van der Waals surface area contributed by atoms with E-state index in [1.165, 1.54) is 31.6 Å². The van der Waals surface area contributed by atoms with E-state index in [1.807, 2.05) is 0 Å². The number of aromatic amines is 1. The van der Waals surface area contributed by atoms with Gasteiger partial charge in [-0.05, 0) is 12.2 Å². The average Bonchev–Trinajstić information content (AvgIpc) is 2.82. The topological polar surface area (TPSA) is 122 Å². The van der Waals surface area contributed by atoms with Crippen molar-refractivity contribution in [1.29, 1.82) is 0 Å². The molecule has 0 radical (unpaired) electrons. The van der Waals surface area contributed by atoms with Crippen LogP contribution < -0.4 is 0 Å². The maximum atomic E-state index is 11.5. The predicted molar refractivity (Wildman–Crippen MR) is 89.9 cm³/mol. The third-order valence-electron chi connectivity index (χ3n) is 3.32. The smallest absolute Gasteiger partial charge is 0.303 e. The number of aromatic nitrogens is 3. The third kappa shape index (κ3) is 4.93. The van der Waals surface area contributed by atoms with Crippen molar-refractivity contribution < 1.29 is 33.3 Å². The molecule has 4 atom stereocenters. The molecule has 26 heavy (non-hydrogen) atoms. The molecule has 10 nitrogen and oxygen atoms in total. The van der Waals surface area contributed by atoms with Crippen LogP contribution in [-0.2, 0) is 33.3 Å². The molecule has 0 spiro atoms. The highest BCUT2D eigenvalue weighted by molar-refractivity contribution is 7.72. The number of nitrogens with one attached hydrogen (secondary N) is 1. The highest BCUT2D eigenvalue weighted by Gasteiger charge is 2.51. The fourth-order valence-corrected chi connectivity index (χ4v) is 2.90. The number of carbonyl (C=O) groups is 3. The molecule has 0 saturated carbocycles. The molecular weight excluding hydrogens is 386 g/mol. The SMILES string of the molecule is CC(=O)OC[C@H]1O[C@@H](n2ncc(=S)[nH]c2=S)[C@H](OC(C)=O)[C@@H]1OC(C)=O. The Labute approximate surface area is 158 Å². The molecule has 0 aliphatic carbocycles. The molecular formula is C14H17N3O7S2. The van der Waals surface area contributed by atoms with Crippen molar-refractivity contribution in [2.75, 3.05) is 6.61 Å². The number of hydrogen-bond donors (Lipinski definition) is 1. The van der Waals surface area contributed by atoms with E-state index in [1.54, 1.807) is 0 Å². The zero-order valence-electron chi connectivity index (χ0n) is 14.2. The minimum Gasteiger partial charge on any atom is -0.463 e. The largest absolute Gasteiger partial charge is 0.463 e. The minimum atomic E-state index is -1.06. The number of ether oxygens (including phenoxy) is 4. The predicted octanol–water partition coefficient (Wildman–Crippen LogP) is 0.994. The summed E-state index contributed by atoms with van der Waals surface area (Å²) in [5, 5.41) is 4.07. The summed E-state index contributed by atoms with van der Waals surface area (Å²) < 4.78 is 22.9. The molecule has 0 bridgehead atoms. The van der Waals surface area contributed by atoms with E-state index in [2.05, 4.69) is 10.1 Å². The first-order valence-corrected chi connectivity index (χ1v) is 8.32. The van der Waals surface area contributed by atoms with Crippen molar-refractivity contribution in [3.8, 4) is 0 Å². The van der Waals surface area contributed by atoms with Crippen LogP contribution in [0.4, 0.5) is 0 Å². The van der Waals surface area contributed by atoms with Crippen LogP contribution in [0.1, 0.15) is 27.0 Å². The van der Waals surface area contributed by atoms with Crippen molar-refractivity contribution in [3.05, 3.63) is 15.6 Å². The Balaban J connectivity index is 2.41. The molecule has 1 fully saturated rings. The molecule has 0 unspecified atom stereocenters. The van der Waals surface area contributed by atoms with Crippen LogP contribution in [0.25, 0.3) is 0 Å². The summed E-state index contributed by atoms with van der Waals surface area (Å²) in [4.78, 5) is 36.9. The lowest BCUT2D eigenvalue weighted by Crippen LogP contribution is -2.40. The molecule has 12 heteroatoms. The van der Waals surface area contributed by atoms with Crippen molar-refractivity contribution in [2.24, 2.45) is 0 Å². The Morgan fingerprint density at radius 2 is 1.77 bits per heavy atom. The van der Waals surface area contributed by atoms with E-state index in [-0.39, 0.29) is 11.4 Å². The Bertz CT molecular complexity index is 821. The summed E-state index contributed by atoms with van der Waals surface area (Å²) in [6, 6.07) is 0. The average molecular weight is 403 g/mol. The van der Waals surface area contributed by atoms with Gasteiger partial charge in [-0.3, -0.25) is 14.4 Å². The van der Waals surface area contributed by atoms with Gasteiger partial charge >= 0.3 is 17.9 Å². The quantitative estimate of drug-likeness (QED) is 0.433. The van der Waals surface area contributed by atoms with Crippen LogP contribution >= 0.6 is 24.4 Å². The molecule has 2 heterocycles. The van der Waals surface area contributed by atoms with E-state index < -0.39 is 42.4 Å². The van der Waals surface area contributed by atoms with Gasteiger partial charge in [0.25, 0.3) is 0 Å². The monoisotopic (exact) mass is 403 g/mol. The molecule has 1 aliphatic rings. The first kappa shape index (κ1) is 20.1. The molecule has 1 N–H and O–H groups in total. The summed E-state index contributed by atoms with van der Waals surface area (Å²) in [6.07, 6.45) is -2.64. The maximum Gasteiger partial charge on any atom is 0.303 e. The van der Waals surface area contributed by atoms with Gasteiger partial charge in [0.1, 0.15) is 17.4 Å². The van der Waals surface area contributed by atoms with Crippen LogP contribution in [-0.4, -0.2) is 57.6 Å². The van der Waals surface area contributed by atoms with E-state index in [9.17, 15) is 14.4 Å². The molecule has 1 aromatic heterocycles. The number of nitrogens with zero attached hydrogens (tertiary/aromatic N) is 2. The van der Waals surface area contributed by atoms with Gasteiger partial charge in [0.2, 0.25) is 0 Å². The molecule has 1 aromatic rings. The van der Waals surface area contributed by atoms with Crippen molar-refractivity contribution >= 4 is 42.3 Å². The first-order valence-electron chi connectivity index (χ1n) is 7.50. The van der Waals surface area contributed by atoms with Crippen LogP contribution in [0, 0.1) is 9.41 Å². The summed E-state index contributed by atoms with van der Waals surface area (Å²) in [7, 11) is 0. The van der Waals surface area contributed by atoms with Gasteiger partial charge in [0.05, 0.1) is 6.20 Å². The molecule has 142 valence electrons. The van der Waals surface area contributed by atoms with Crippen LogP contribution in [0.15, 0.2) is 6.20 Å². The third-order valence-corrected chi connectivity index (χ3v) is 3.82. The van der Waals surface area contributed by atoms with Crippen molar-refractivity contribution in [2.45, 2.75) is 45.3 Å². The fraction of sp³-hybridized carbons (Fsp3) is 0.571. The molecule has 0 aromatic carbocycles. The Kier molecular flexibility index (Phi) is 6.56. The van der Waals surface area contributed by atoms with Gasteiger partial charge < -0.3 is 23.9 Å². The Morgan fingerprint density at radius 1 is 1.15 bits per heavy atom. The van der Waals surface area contributed by atoms with Crippen LogP contribution in [0.5, 0.6) is 0 Å². The van der Waals surface area contributed by atoms with E-state index in [0.717, 1.165) is 0 Å². The second kappa shape index (κ2) is 8.47. The standard InChI is InChI=1S/C14H17N3O7S2/c1-6(18)21-5-9-11(22-7(2)19)12(23-8(3)20)13(24-9)17-14(26)16-10(25)4-15-17/h4,9,11-13H,5H2,1-3H3,(H,16,25,26)/t9-,11-,12-,13-/m1/s1. The number of carbonyl (C=O) groups excluding carboxylic acids is 3. The maximum absolute atomic E-state index is 11.5. The fourth-order valence-electron chi connectivity index (χ4n) is 2.43. The van der Waals surface area contributed by atoms with Gasteiger partial charge in [0.15, 0.2) is 23.2 Å². The lowest BCUT2D eigenvalue weighted by Gasteiger charge is -2.23. The number of hydrogen-bond acceptors (Lipinski definition) is 10.